The molecular weight excluding hydrogens is 392 g/mol. The summed E-state index contributed by atoms with van der Waals surface area (Å²) in [5.41, 5.74) is 5.76. The number of nitrogens with zero attached hydrogens (tertiary/aromatic N) is 2. The maximum atomic E-state index is 12.1. The Morgan fingerprint density at radius 1 is 1.07 bits per heavy atom. The molecule has 2 heterocycles. The zero-order valence-electron chi connectivity index (χ0n) is 17.1. The molecule has 158 valence electrons. The maximum Gasteiger partial charge on any atom is 0.273 e. The predicted octanol–water partition coefficient (Wildman–Crippen LogP) is 2.36. The first-order valence-electron chi connectivity index (χ1n) is 9.12. The molecular formula is C20H22N4O6. The number of carbonyl (C=O) groups excluding carboxylic acids is 2. The third-order valence-corrected chi connectivity index (χ3v) is 4.28. The summed E-state index contributed by atoms with van der Waals surface area (Å²) in [6.45, 7) is 3.42. The molecule has 0 aliphatic heterocycles. The fourth-order valence-corrected chi connectivity index (χ4v) is 2.78. The van der Waals surface area contributed by atoms with Crippen molar-refractivity contribution in [3.8, 4) is 22.9 Å². The molecule has 0 saturated carbocycles. The minimum atomic E-state index is -0.453. The van der Waals surface area contributed by atoms with Gasteiger partial charge in [0.15, 0.2) is 11.5 Å². The van der Waals surface area contributed by atoms with E-state index in [4.69, 9.17) is 18.4 Å². The van der Waals surface area contributed by atoms with Crippen LogP contribution in [0.25, 0.3) is 11.4 Å². The van der Waals surface area contributed by atoms with Crippen molar-refractivity contribution >= 4 is 11.8 Å². The standard InChI is InChI=1S/C20H22N4O6/c1-11-9-14(12(2)29-11)20(26)23-22-17(25)7-8-18-21-19(24-30-18)13-5-6-15(27-3)16(10-13)28-4/h5-6,9-10H,7-8H2,1-4H3,(H,22,25)(H,23,26). The lowest BCUT2D eigenvalue weighted by Crippen LogP contribution is -2.41. The van der Waals surface area contributed by atoms with Gasteiger partial charge in [-0.15, -0.1) is 0 Å². The molecule has 0 aliphatic rings. The Bertz CT molecular complexity index is 1060. The fourth-order valence-electron chi connectivity index (χ4n) is 2.78. The lowest BCUT2D eigenvalue weighted by atomic mass is 10.2. The van der Waals surface area contributed by atoms with Crippen LogP contribution in [0.2, 0.25) is 0 Å². The monoisotopic (exact) mass is 414 g/mol. The second-order valence-electron chi connectivity index (χ2n) is 6.41. The summed E-state index contributed by atoms with van der Waals surface area (Å²) < 4.78 is 21.0. The summed E-state index contributed by atoms with van der Waals surface area (Å²) in [6.07, 6.45) is 0.267. The van der Waals surface area contributed by atoms with Gasteiger partial charge >= 0.3 is 0 Å². The van der Waals surface area contributed by atoms with Gasteiger partial charge in [0.1, 0.15) is 11.5 Å². The van der Waals surface area contributed by atoms with Gasteiger partial charge in [-0.3, -0.25) is 20.4 Å². The number of aryl methyl sites for hydroxylation is 3. The van der Waals surface area contributed by atoms with Crippen LogP contribution < -0.4 is 20.3 Å². The van der Waals surface area contributed by atoms with Gasteiger partial charge in [-0.1, -0.05) is 5.16 Å². The van der Waals surface area contributed by atoms with Crippen LogP contribution in [-0.2, 0) is 11.2 Å². The zero-order chi connectivity index (χ0) is 21.7. The number of hydrogen-bond donors (Lipinski definition) is 2. The topological polar surface area (TPSA) is 129 Å². The summed E-state index contributed by atoms with van der Waals surface area (Å²) >= 11 is 0. The average Bonchev–Trinajstić information content (AvgIpc) is 3.35. The van der Waals surface area contributed by atoms with Crippen LogP contribution in [0.3, 0.4) is 0 Å². The molecule has 1 aromatic carbocycles. The number of amides is 2. The highest BCUT2D eigenvalue weighted by molar-refractivity contribution is 5.96. The molecule has 10 heteroatoms. The van der Waals surface area contributed by atoms with Gasteiger partial charge < -0.3 is 18.4 Å². The molecule has 2 amide bonds. The summed E-state index contributed by atoms with van der Waals surface area (Å²) in [4.78, 5) is 28.4. The fraction of sp³-hybridized carbons (Fsp3) is 0.300. The number of furan rings is 1. The van der Waals surface area contributed by atoms with Crippen molar-refractivity contribution in [2.75, 3.05) is 14.2 Å². The first-order chi connectivity index (χ1) is 14.4. The smallest absolute Gasteiger partial charge is 0.273 e. The molecule has 0 unspecified atom stereocenters. The molecule has 0 atom stereocenters. The number of hydrazine groups is 1. The molecule has 0 bridgehead atoms. The van der Waals surface area contributed by atoms with E-state index in [1.165, 1.54) is 7.11 Å². The SMILES string of the molecule is COc1ccc(-c2noc(CCC(=O)NNC(=O)c3cc(C)oc3C)n2)cc1OC. The summed E-state index contributed by atoms with van der Waals surface area (Å²) in [6, 6.07) is 6.85. The first kappa shape index (κ1) is 20.9. The molecule has 2 aromatic heterocycles. The van der Waals surface area contributed by atoms with Gasteiger partial charge in [0.2, 0.25) is 17.6 Å². The third-order valence-electron chi connectivity index (χ3n) is 4.28. The van der Waals surface area contributed by atoms with Crippen molar-refractivity contribution in [2.24, 2.45) is 0 Å². The molecule has 0 radical (unpaired) electrons. The van der Waals surface area contributed by atoms with Crippen LogP contribution in [0.15, 0.2) is 33.2 Å². The highest BCUT2D eigenvalue weighted by Gasteiger charge is 2.16. The summed E-state index contributed by atoms with van der Waals surface area (Å²) in [5, 5.41) is 3.93. The Hall–Kier alpha value is -3.82. The summed E-state index contributed by atoms with van der Waals surface area (Å²) in [7, 11) is 3.09. The summed E-state index contributed by atoms with van der Waals surface area (Å²) in [5.74, 6) is 2.04. The lowest BCUT2D eigenvalue weighted by Gasteiger charge is -2.07. The minimum Gasteiger partial charge on any atom is -0.493 e. The van der Waals surface area contributed by atoms with E-state index >= 15 is 0 Å². The van der Waals surface area contributed by atoms with Crippen LogP contribution >= 0.6 is 0 Å². The molecule has 0 saturated heterocycles. The normalized spacial score (nSPS) is 10.5. The highest BCUT2D eigenvalue weighted by Crippen LogP contribution is 2.31. The van der Waals surface area contributed by atoms with Gasteiger partial charge in [-0.2, -0.15) is 4.98 Å². The molecule has 10 nitrogen and oxygen atoms in total. The van der Waals surface area contributed by atoms with Crippen LogP contribution in [0.5, 0.6) is 11.5 Å². The Morgan fingerprint density at radius 3 is 2.50 bits per heavy atom. The van der Waals surface area contributed by atoms with Gasteiger partial charge in [-0.05, 0) is 38.1 Å². The van der Waals surface area contributed by atoms with E-state index in [2.05, 4.69) is 21.0 Å². The van der Waals surface area contributed by atoms with Gasteiger partial charge in [0.05, 0.1) is 19.8 Å². The Balaban J connectivity index is 1.53. The number of nitrogens with one attached hydrogen (secondary N) is 2. The zero-order valence-corrected chi connectivity index (χ0v) is 17.1. The Labute approximate surface area is 172 Å². The van der Waals surface area contributed by atoms with Gasteiger partial charge in [0.25, 0.3) is 5.91 Å². The van der Waals surface area contributed by atoms with E-state index in [0.29, 0.717) is 45.9 Å². The van der Waals surface area contributed by atoms with Gasteiger partial charge in [-0.25, -0.2) is 0 Å². The van der Waals surface area contributed by atoms with E-state index < -0.39 is 11.8 Å². The van der Waals surface area contributed by atoms with Crippen LogP contribution in [0.1, 0.15) is 34.2 Å². The van der Waals surface area contributed by atoms with Crippen LogP contribution in [0.4, 0.5) is 0 Å². The second-order valence-corrected chi connectivity index (χ2v) is 6.41. The number of ether oxygens (including phenoxy) is 2. The number of carbonyl (C=O) groups is 2. The van der Waals surface area contributed by atoms with Crippen LogP contribution in [-0.4, -0.2) is 36.2 Å². The van der Waals surface area contributed by atoms with Crippen molar-refractivity contribution in [1.82, 2.24) is 21.0 Å². The van der Waals surface area contributed by atoms with E-state index in [1.54, 1.807) is 45.2 Å². The average molecular weight is 414 g/mol. The molecule has 0 spiro atoms. The Morgan fingerprint density at radius 2 is 1.83 bits per heavy atom. The maximum absolute atomic E-state index is 12.1. The quantitative estimate of drug-likeness (QED) is 0.564. The van der Waals surface area contributed by atoms with Crippen LogP contribution in [0, 0.1) is 13.8 Å². The number of aromatic nitrogens is 2. The van der Waals surface area contributed by atoms with Crippen molar-refractivity contribution in [2.45, 2.75) is 26.7 Å². The van der Waals surface area contributed by atoms with E-state index in [1.807, 2.05) is 0 Å². The predicted molar refractivity (Wildman–Crippen MR) is 105 cm³/mol. The molecule has 3 aromatic rings. The third kappa shape index (κ3) is 4.77. The van der Waals surface area contributed by atoms with Crippen molar-refractivity contribution in [1.29, 1.82) is 0 Å². The molecule has 3 rings (SSSR count). The van der Waals surface area contributed by atoms with E-state index in [0.717, 1.165) is 0 Å². The lowest BCUT2D eigenvalue weighted by molar-refractivity contribution is -0.121. The second kappa shape index (κ2) is 9.12. The van der Waals surface area contributed by atoms with E-state index in [-0.39, 0.29) is 12.8 Å². The van der Waals surface area contributed by atoms with E-state index in [9.17, 15) is 9.59 Å². The molecule has 0 fully saturated rings. The number of benzene rings is 1. The Kier molecular flexibility index (Phi) is 6.35. The first-order valence-corrected chi connectivity index (χ1v) is 9.12. The molecule has 2 N–H and O–H groups in total. The number of hydrogen-bond acceptors (Lipinski definition) is 8. The molecule has 0 aliphatic carbocycles. The van der Waals surface area contributed by atoms with Crippen molar-refractivity contribution in [3.63, 3.8) is 0 Å². The largest absolute Gasteiger partial charge is 0.493 e. The van der Waals surface area contributed by atoms with Crippen molar-refractivity contribution in [3.05, 3.63) is 47.2 Å². The highest BCUT2D eigenvalue weighted by atomic mass is 16.5. The molecule has 30 heavy (non-hydrogen) atoms. The number of rotatable bonds is 7. The van der Waals surface area contributed by atoms with Gasteiger partial charge in [0, 0.05) is 18.4 Å². The van der Waals surface area contributed by atoms with Crippen molar-refractivity contribution < 1.29 is 28.0 Å². The minimum absolute atomic E-state index is 0.0528. The number of methoxy groups -OCH3 is 2.